The van der Waals surface area contributed by atoms with Crippen LogP contribution in [0.2, 0.25) is 0 Å². The van der Waals surface area contributed by atoms with Gasteiger partial charge in [0, 0.05) is 13.1 Å². The first kappa shape index (κ1) is 16.6. The molecule has 2 N–H and O–H groups in total. The van der Waals surface area contributed by atoms with Crippen LogP contribution >= 0.6 is 0 Å². The van der Waals surface area contributed by atoms with Crippen molar-refractivity contribution < 1.29 is 28.2 Å². The van der Waals surface area contributed by atoms with Crippen LogP contribution in [0.1, 0.15) is 25.7 Å². The lowest BCUT2D eigenvalue weighted by Crippen LogP contribution is -2.49. The number of halogens is 2. The van der Waals surface area contributed by atoms with E-state index >= 15 is 0 Å². The minimum atomic E-state index is -2.53. The number of carboxylic acid groups (broad SMARTS) is 1. The highest BCUT2D eigenvalue weighted by atomic mass is 19.3. The normalized spacial score (nSPS) is 19.8. The first-order valence-corrected chi connectivity index (χ1v) is 6.65. The Morgan fingerprint density at radius 1 is 1.35 bits per heavy atom. The molecule has 1 unspecified atom stereocenters. The van der Waals surface area contributed by atoms with E-state index < -0.39 is 31.1 Å². The van der Waals surface area contributed by atoms with Crippen LogP contribution in [0, 0.1) is 0 Å². The smallest absolute Gasteiger partial charge is 0.326 e. The van der Waals surface area contributed by atoms with E-state index in [0.717, 1.165) is 19.3 Å². The average Bonchev–Trinajstić information content (AvgIpc) is 2.63. The van der Waals surface area contributed by atoms with Crippen LogP contribution in [0.5, 0.6) is 0 Å². The molecular weight excluding hydrogens is 274 g/mol. The van der Waals surface area contributed by atoms with Crippen molar-refractivity contribution in [2.75, 3.05) is 26.3 Å². The zero-order valence-electron chi connectivity index (χ0n) is 11.2. The van der Waals surface area contributed by atoms with E-state index in [1.54, 1.807) is 0 Å². The molecule has 0 aromatic heterocycles. The maximum Gasteiger partial charge on any atom is 0.326 e. The quantitative estimate of drug-likeness (QED) is 0.724. The van der Waals surface area contributed by atoms with E-state index in [1.807, 2.05) is 0 Å². The Labute approximate surface area is 116 Å². The summed E-state index contributed by atoms with van der Waals surface area (Å²) in [5.41, 5.74) is 0. The third kappa shape index (κ3) is 5.68. The molecule has 0 aromatic rings. The molecule has 0 bridgehead atoms. The number of urea groups is 1. The van der Waals surface area contributed by atoms with Gasteiger partial charge in [-0.15, -0.1) is 0 Å². The van der Waals surface area contributed by atoms with E-state index in [0.29, 0.717) is 13.0 Å². The summed E-state index contributed by atoms with van der Waals surface area (Å²) in [5, 5.41) is 11.6. The van der Waals surface area contributed by atoms with Crippen molar-refractivity contribution in [1.29, 1.82) is 0 Å². The fourth-order valence-corrected chi connectivity index (χ4v) is 2.11. The Bertz CT molecular complexity index is 329. The Morgan fingerprint density at radius 2 is 2.10 bits per heavy atom. The molecule has 2 amide bonds. The van der Waals surface area contributed by atoms with E-state index in [9.17, 15) is 18.4 Å². The fourth-order valence-electron chi connectivity index (χ4n) is 2.11. The molecule has 0 spiro atoms. The van der Waals surface area contributed by atoms with Crippen molar-refractivity contribution in [2.24, 2.45) is 0 Å². The van der Waals surface area contributed by atoms with Gasteiger partial charge in [0.05, 0.1) is 6.61 Å². The SMILES string of the molecule is O=C(O)C1CCCCCN1C(=O)NCCOCC(F)F. The van der Waals surface area contributed by atoms with Crippen LogP contribution in [0.3, 0.4) is 0 Å². The Kier molecular flexibility index (Phi) is 7.21. The summed E-state index contributed by atoms with van der Waals surface area (Å²) >= 11 is 0. The second-order valence-corrected chi connectivity index (χ2v) is 4.59. The van der Waals surface area contributed by atoms with Crippen LogP contribution in [0.15, 0.2) is 0 Å². The van der Waals surface area contributed by atoms with E-state index in [-0.39, 0.29) is 13.2 Å². The summed E-state index contributed by atoms with van der Waals surface area (Å²) in [7, 11) is 0. The molecule has 1 saturated heterocycles. The first-order chi connectivity index (χ1) is 9.52. The zero-order chi connectivity index (χ0) is 15.0. The summed E-state index contributed by atoms with van der Waals surface area (Å²) in [6, 6.07) is -1.31. The van der Waals surface area contributed by atoms with Gasteiger partial charge >= 0.3 is 12.0 Å². The molecule has 8 heteroatoms. The zero-order valence-corrected chi connectivity index (χ0v) is 11.2. The number of aliphatic carboxylic acids is 1. The van der Waals surface area contributed by atoms with Crippen molar-refractivity contribution >= 4 is 12.0 Å². The molecule has 6 nitrogen and oxygen atoms in total. The molecular formula is C12H20F2N2O4. The van der Waals surface area contributed by atoms with Gasteiger partial charge in [-0.05, 0) is 12.8 Å². The van der Waals surface area contributed by atoms with Crippen molar-refractivity contribution in [2.45, 2.75) is 38.2 Å². The number of nitrogens with one attached hydrogen (secondary N) is 1. The molecule has 1 rings (SSSR count). The Balaban J connectivity index is 2.37. The number of carbonyl (C=O) groups is 2. The second-order valence-electron chi connectivity index (χ2n) is 4.59. The summed E-state index contributed by atoms with van der Waals surface area (Å²) in [4.78, 5) is 24.3. The van der Waals surface area contributed by atoms with E-state index in [2.05, 4.69) is 10.1 Å². The number of rotatable bonds is 6. The van der Waals surface area contributed by atoms with E-state index in [4.69, 9.17) is 5.11 Å². The molecule has 0 aromatic carbocycles. The van der Waals surface area contributed by atoms with Crippen molar-refractivity contribution in [3.8, 4) is 0 Å². The first-order valence-electron chi connectivity index (χ1n) is 6.65. The standard InChI is InChI=1S/C12H20F2N2O4/c13-10(14)8-20-7-5-15-12(19)16-6-3-1-2-4-9(16)11(17)18/h9-10H,1-8H2,(H,15,19)(H,17,18). The number of ether oxygens (including phenoxy) is 1. The van der Waals surface area contributed by atoms with Crippen molar-refractivity contribution in [1.82, 2.24) is 10.2 Å². The minimum absolute atomic E-state index is 0.0261. The highest BCUT2D eigenvalue weighted by molar-refractivity contribution is 5.82. The number of carboxylic acids is 1. The van der Waals surface area contributed by atoms with Gasteiger partial charge in [0.2, 0.25) is 0 Å². The monoisotopic (exact) mass is 294 g/mol. The largest absolute Gasteiger partial charge is 0.480 e. The van der Waals surface area contributed by atoms with E-state index in [1.165, 1.54) is 4.90 Å². The number of amides is 2. The van der Waals surface area contributed by atoms with Gasteiger partial charge in [0.25, 0.3) is 6.43 Å². The topological polar surface area (TPSA) is 78.9 Å². The third-order valence-electron chi connectivity index (χ3n) is 3.07. The summed E-state index contributed by atoms with van der Waals surface area (Å²) in [6.07, 6.45) is 0.334. The molecule has 20 heavy (non-hydrogen) atoms. The van der Waals surface area contributed by atoms with Gasteiger partial charge < -0.3 is 20.1 Å². The van der Waals surface area contributed by atoms with Crippen LogP contribution in [0.25, 0.3) is 0 Å². The lowest BCUT2D eigenvalue weighted by molar-refractivity contribution is -0.142. The highest BCUT2D eigenvalue weighted by Crippen LogP contribution is 2.17. The van der Waals surface area contributed by atoms with Gasteiger partial charge in [-0.2, -0.15) is 0 Å². The number of alkyl halides is 2. The van der Waals surface area contributed by atoms with Gasteiger partial charge in [-0.25, -0.2) is 18.4 Å². The van der Waals surface area contributed by atoms with Gasteiger partial charge in [0.15, 0.2) is 0 Å². The second kappa shape index (κ2) is 8.68. The number of likely N-dealkylation sites (tertiary alicyclic amines) is 1. The summed E-state index contributed by atoms with van der Waals surface area (Å²) in [6.45, 7) is -0.228. The number of hydrogen-bond acceptors (Lipinski definition) is 3. The molecule has 1 atom stereocenters. The Morgan fingerprint density at radius 3 is 2.75 bits per heavy atom. The summed E-state index contributed by atoms with van der Waals surface area (Å²) in [5.74, 6) is -1.02. The number of hydrogen-bond donors (Lipinski definition) is 2. The molecule has 1 fully saturated rings. The average molecular weight is 294 g/mol. The lowest BCUT2D eigenvalue weighted by Gasteiger charge is -2.27. The van der Waals surface area contributed by atoms with Gasteiger partial charge in [-0.3, -0.25) is 0 Å². The van der Waals surface area contributed by atoms with Crippen LogP contribution in [-0.4, -0.2) is 60.8 Å². The maximum atomic E-state index is 11.9. The van der Waals surface area contributed by atoms with Crippen LogP contribution in [-0.2, 0) is 9.53 Å². The molecule has 1 aliphatic heterocycles. The minimum Gasteiger partial charge on any atom is -0.480 e. The molecule has 116 valence electrons. The Hall–Kier alpha value is -1.44. The molecule has 0 saturated carbocycles. The fraction of sp³-hybridized carbons (Fsp3) is 0.833. The molecule has 1 heterocycles. The van der Waals surface area contributed by atoms with Crippen molar-refractivity contribution in [3.05, 3.63) is 0 Å². The van der Waals surface area contributed by atoms with Gasteiger partial charge in [-0.1, -0.05) is 12.8 Å². The summed E-state index contributed by atoms with van der Waals surface area (Å²) < 4.78 is 28.3. The molecule has 1 aliphatic rings. The molecule has 0 radical (unpaired) electrons. The molecule has 0 aliphatic carbocycles. The van der Waals surface area contributed by atoms with Crippen LogP contribution in [0.4, 0.5) is 13.6 Å². The van der Waals surface area contributed by atoms with Crippen molar-refractivity contribution in [3.63, 3.8) is 0 Å². The number of nitrogens with zero attached hydrogens (tertiary/aromatic N) is 1. The lowest BCUT2D eigenvalue weighted by atomic mass is 10.1. The maximum absolute atomic E-state index is 11.9. The highest BCUT2D eigenvalue weighted by Gasteiger charge is 2.30. The van der Waals surface area contributed by atoms with Crippen LogP contribution < -0.4 is 5.32 Å². The van der Waals surface area contributed by atoms with Gasteiger partial charge in [0.1, 0.15) is 12.6 Å². The predicted molar refractivity (Wildman–Crippen MR) is 66.8 cm³/mol. The number of carbonyl (C=O) groups excluding carboxylic acids is 1. The predicted octanol–water partition coefficient (Wildman–Crippen LogP) is 1.31. The third-order valence-corrected chi connectivity index (χ3v) is 3.07.